The first-order chi connectivity index (χ1) is 6.66. The fourth-order valence-electron chi connectivity index (χ4n) is 1.59. The third-order valence-electron chi connectivity index (χ3n) is 2.66. The van der Waals surface area contributed by atoms with Gasteiger partial charge in [0.2, 0.25) is 0 Å². The second-order valence-corrected chi connectivity index (χ2v) is 3.96. The van der Waals surface area contributed by atoms with Crippen LogP contribution in [0.3, 0.4) is 0 Å². The van der Waals surface area contributed by atoms with E-state index in [2.05, 4.69) is 0 Å². The summed E-state index contributed by atoms with van der Waals surface area (Å²) in [5.41, 5.74) is 6.56. The van der Waals surface area contributed by atoms with Crippen LogP contribution in [0.5, 0.6) is 0 Å². The Morgan fingerprint density at radius 1 is 1.29 bits per heavy atom. The quantitative estimate of drug-likeness (QED) is 0.792. The number of nitrogens with two attached hydrogens (primary N) is 1. The maximum absolute atomic E-state index is 12.9. The molecule has 0 heterocycles. The zero-order chi connectivity index (χ0) is 10.1. The van der Waals surface area contributed by atoms with Gasteiger partial charge in [0.05, 0.1) is 0 Å². The van der Waals surface area contributed by atoms with Gasteiger partial charge < -0.3 is 5.73 Å². The van der Waals surface area contributed by atoms with Gasteiger partial charge in [-0.1, -0.05) is 18.9 Å². The second kappa shape index (κ2) is 3.65. The summed E-state index contributed by atoms with van der Waals surface area (Å²) in [5.74, 6) is -0.931. The highest BCUT2D eigenvalue weighted by molar-refractivity contribution is 5.21. The van der Waals surface area contributed by atoms with E-state index in [9.17, 15) is 8.78 Å². The Bertz CT molecular complexity index is 334. The first-order valence-corrected chi connectivity index (χ1v) is 4.87. The Kier molecular flexibility index (Phi) is 2.50. The van der Waals surface area contributed by atoms with Crippen molar-refractivity contribution in [3.05, 3.63) is 35.4 Å². The molecule has 1 saturated carbocycles. The van der Waals surface area contributed by atoms with Crippen LogP contribution in [0.4, 0.5) is 8.78 Å². The van der Waals surface area contributed by atoms with Crippen molar-refractivity contribution in [3.8, 4) is 0 Å². The number of hydrogen-bond donors (Lipinski definition) is 1. The number of halogens is 2. The number of rotatable bonds is 3. The first kappa shape index (κ1) is 9.59. The highest BCUT2D eigenvalue weighted by atomic mass is 19.2. The molecule has 2 rings (SSSR count). The van der Waals surface area contributed by atoms with Crippen LogP contribution in [-0.2, 0) is 0 Å². The molecule has 1 atom stereocenters. The molecule has 1 aromatic carbocycles. The zero-order valence-electron chi connectivity index (χ0n) is 7.84. The summed E-state index contributed by atoms with van der Waals surface area (Å²) in [6.07, 6.45) is 3.32. The predicted molar refractivity (Wildman–Crippen MR) is 50.6 cm³/mol. The fraction of sp³-hybridized carbons (Fsp3) is 0.455. The van der Waals surface area contributed by atoms with Crippen LogP contribution in [0.15, 0.2) is 18.2 Å². The molecule has 1 aliphatic rings. The monoisotopic (exact) mass is 197 g/mol. The van der Waals surface area contributed by atoms with Gasteiger partial charge in [0.1, 0.15) is 0 Å². The minimum atomic E-state index is -0.813. The van der Waals surface area contributed by atoms with E-state index in [0.717, 1.165) is 12.5 Å². The molecule has 0 bridgehead atoms. The third kappa shape index (κ3) is 2.10. The lowest BCUT2D eigenvalue weighted by Gasteiger charge is -2.11. The second-order valence-electron chi connectivity index (χ2n) is 3.96. The molecule has 0 spiro atoms. The highest BCUT2D eigenvalue weighted by Crippen LogP contribution is 2.36. The van der Waals surface area contributed by atoms with Crippen LogP contribution < -0.4 is 5.73 Å². The van der Waals surface area contributed by atoms with Crippen molar-refractivity contribution in [1.29, 1.82) is 0 Å². The molecule has 3 heteroatoms. The number of hydrogen-bond acceptors (Lipinski definition) is 1. The van der Waals surface area contributed by atoms with E-state index in [1.807, 2.05) is 0 Å². The molecule has 0 amide bonds. The average molecular weight is 197 g/mol. The molecule has 1 fully saturated rings. The van der Waals surface area contributed by atoms with Crippen LogP contribution in [-0.4, -0.2) is 0 Å². The van der Waals surface area contributed by atoms with Gasteiger partial charge in [-0.15, -0.1) is 0 Å². The van der Waals surface area contributed by atoms with Crippen molar-refractivity contribution in [3.63, 3.8) is 0 Å². The number of benzene rings is 1. The molecule has 1 aliphatic carbocycles. The van der Waals surface area contributed by atoms with Gasteiger partial charge in [0.15, 0.2) is 11.6 Å². The van der Waals surface area contributed by atoms with Crippen molar-refractivity contribution in [2.45, 2.75) is 25.3 Å². The van der Waals surface area contributed by atoms with E-state index in [0.29, 0.717) is 11.5 Å². The van der Waals surface area contributed by atoms with Crippen molar-refractivity contribution in [2.75, 3.05) is 0 Å². The Hall–Kier alpha value is -0.960. The van der Waals surface area contributed by atoms with E-state index in [1.165, 1.54) is 18.9 Å². The molecule has 2 N–H and O–H groups in total. The lowest BCUT2D eigenvalue weighted by atomic mass is 10.0. The summed E-state index contributed by atoms with van der Waals surface area (Å²) >= 11 is 0. The van der Waals surface area contributed by atoms with Crippen LogP contribution in [0, 0.1) is 17.6 Å². The van der Waals surface area contributed by atoms with E-state index >= 15 is 0 Å². The minimum Gasteiger partial charge on any atom is -0.324 e. The van der Waals surface area contributed by atoms with Gasteiger partial charge in [-0.2, -0.15) is 0 Å². The summed E-state index contributed by atoms with van der Waals surface area (Å²) in [5, 5.41) is 0. The Morgan fingerprint density at radius 3 is 2.57 bits per heavy atom. The van der Waals surface area contributed by atoms with Crippen molar-refractivity contribution in [1.82, 2.24) is 0 Å². The molecule has 0 aromatic heterocycles. The van der Waals surface area contributed by atoms with E-state index in [4.69, 9.17) is 5.73 Å². The standard InChI is InChI=1S/C11H13F2N/c12-9-4-3-8(6-10(9)13)11(14)5-7-1-2-7/h3-4,6-7,11H,1-2,5,14H2/t11-/m0/s1. The average Bonchev–Trinajstić information content (AvgIpc) is 2.93. The summed E-state index contributed by atoms with van der Waals surface area (Å²) in [6.45, 7) is 0. The van der Waals surface area contributed by atoms with E-state index in [1.54, 1.807) is 6.07 Å². The first-order valence-electron chi connectivity index (χ1n) is 4.87. The van der Waals surface area contributed by atoms with Gasteiger partial charge in [-0.05, 0) is 30.0 Å². The zero-order valence-corrected chi connectivity index (χ0v) is 7.84. The lowest BCUT2D eigenvalue weighted by molar-refractivity contribution is 0.502. The van der Waals surface area contributed by atoms with Gasteiger partial charge >= 0.3 is 0 Å². The molecule has 1 aromatic rings. The van der Waals surface area contributed by atoms with Crippen LogP contribution in [0.1, 0.15) is 30.9 Å². The maximum Gasteiger partial charge on any atom is 0.159 e. The summed E-state index contributed by atoms with van der Waals surface area (Å²) < 4.78 is 25.5. The van der Waals surface area contributed by atoms with Crippen molar-refractivity contribution in [2.24, 2.45) is 11.7 Å². The van der Waals surface area contributed by atoms with Crippen molar-refractivity contribution < 1.29 is 8.78 Å². The summed E-state index contributed by atoms with van der Waals surface area (Å²) in [7, 11) is 0. The maximum atomic E-state index is 12.9. The normalized spacial score (nSPS) is 18.2. The molecule has 1 nitrogen and oxygen atoms in total. The van der Waals surface area contributed by atoms with E-state index < -0.39 is 11.6 Å². The largest absolute Gasteiger partial charge is 0.324 e. The van der Waals surface area contributed by atoms with Crippen LogP contribution >= 0.6 is 0 Å². The van der Waals surface area contributed by atoms with E-state index in [-0.39, 0.29) is 6.04 Å². The van der Waals surface area contributed by atoms with Crippen LogP contribution in [0.2, 0.25) is 0 Å². The molecule has 0 saturated heterocycles. The molecule has 0 aliphatic heterocycles. The smallest absolute Gasteiger partial charge is 0.159 e. The van der Waals surface area contributed by atoms with Crippen LogP contribution in [0.25, 0.3) is 0 Å². The van der Waals surface area contributed by atoms with Gasteiger partial charge in [-0.3, -0.25) is 0 Å². The fourth-order valence-corrected chi connectivity index (χ4v) is 1.59. The Labute approximate surface area is 81.9 Å². The highest BCUT2D eigenvalue weighted by Gasteiger charge is 2.24. The minimum absolute atomic E-state index is 0.155. The molecule has 76 valence electrons. The Morgan fingerprint density at radius 2 is 2.00 bits per heavy atom. The van der Waals surface area contributed by atoms with Gasteiger partial charge in [0, 0.05) is 6.04 Å². The predicted octanol–water partition coefficient (Wildman–Crippen LogP) is 2.76. The molecule has 0 unspecified atom stereocenters. The van der Waals surface area contributed by atoms with Gasteiger partial charge in [0.25, 0.3) is 0 Å². The SMILES string of the molecule is N[C@@H](CC1CC1)c1ccc(F)c(F)c1. The molecular formula is C11H13F2N. The molecular weight excluding hydrogens is 184 g/mol. The Balaban J connectivity index is 2.10. The molecule has 0 radical (unpaired) electrons. The van der Waals surface area contributed by atoms with Crippen molar-refractivity contribution >= 4 is 0 Å². The molecule has 14 heavy (non-hydrogen) atoms. The summed E-state index contributed by atoms with van der Waals surface area (Å²) in [4.78, 5) is 0. The topological polar surface area (TPSA) is 26.0 Å². The third-order valence-corrected chi connectivity index (χ3v) is 2.66. The lowest BCUT2D eigenvalue weighted by Crippen LogP contribution is -2.11. The summed E-state index contributed by atoms with van der Waals surface area (Å²) in [6, 6.07) is 3.74. The van der Waals surface area contributed by atoms with Gasteiger partial charge in [-0.25, -0.2) is 8.78 Å².